The molecular formula is C11H15NO3. The molecule has 0 bridgehead atoms. The molecule has 0 unspecified atom stereocenters. The zero-order valence-corrected chi connectivity index (χ0v) is 9.11. The van der Waals surface area contributed by atoms with Crippen molar-refractivity contribution < 1.29 is 14.3 Å². The van der Waals surface area contributed by atoms with Gasteiger partial charge in [-0.05, 0) is 19.1 Å². The normalized spacial score (nSPS) is 11.7. The molecule has 1 N–H and O–H groups in total. The summed E-state index contributed by atoms with van der Waals surface area (Å²) >= 11 is 0. The number of hydrogen-bond donors (Lipinski definition) is 1. The van der Waals surface area contributed by atoms with E-state index in [2.05, 4.69) is 5.32 Å². The van der Waals surface area contributed by atoms with Crippen LogP contribution in [0.5, 0.6) is 11.5 Å². The van der Waals surface area contributed by atoms with E-state index in [0.29, 0.717) is 11.5 Å². The van der Waals surface area contributed by atoms with Gasteiger partial charge in [-0.1, -0.05) is 6.07 Å². The third-order valence-corrected chi connectivity index (χ3v) is 1.97. The summed E-state index contributed by atoms with van der Waals surface area (Å²) in [5, 5.41) is 2.52. The van der Waals surface area contributed by atoms with Crippen molar-refractivity contribution in [2.24, 2.45) is 0 Å². The first-order valence-electron chi connectivity index (χ1n) is 4.69. The van der Waals surface area contributed by atoms with Crippen molar-refractivity contribution in [1.29, 1.82) is 0 Å². The lowest BCUT2D eigenvalue weighted by Gasteiger charge is -2.13. The highest BCUT2D eigenvalue weighted by Crippen LogP contribution is 2.19. The molecule has 1 aromatic carbocycles. The average Bonchev–Trinajstić information content (AvgIpc) is 2.28. The Balaban J connectivity index is 2.67. The largest absolute Gasteiger partial charge is 0.497 e. The predicted molar refractivity (Wildman–Crippen MR) is 57.2 cm³/mol. The van der Waals surface area contributed by atoms with Gasteiger partial charge in [0.05, 0.1) is 7.11 Å². The van der Waals surface area contributed by atoms with Gasteiger partial charge in [-0.15, -0.1) is 0 Å². The summed E-state index contributed by atoms with van der Waals surface area (Å²) in [4.78, 5) is 11.2. The van der Waals surface area contributed by atoms with Gasteiger partial charge in [0.25, 0.3) is 5.91 Å². The minimum absolute atomic E-state index is 0.155. The second-order valence-electron chi connectivity index (χ2n) is 3.05. The Labute approximate surface area is 89.2 Å². The molecule has 0 aliphatic heterocycles. The molecule has 1 atom stereocenters. The number of rotatable bonds is 4. The number of hydrogen-bond acceptors (Lipinski definition) is 3. The highest BCUT2D eigenvalue weighted by atomic mass is 16.5. The summed E-state index contributed by atoms with van der Waals surface area (Å²) in [6.45, 7) is 1.69. The molecule has 0 aliphatic rings. The van der Waals surface area contributed by atoms with Crippen molar-refractivity contribution >= 4 is 5.91 Å². The van der Waals surface area contributed by atoms with Crippen LogP contribution in [0.3, 0.4) is 0 Å². The van der Waals surface area contributed by atoms with E-state index in [9.17, 15) is 4.79 Å². The molecule has 0 aliphatic carbocycles. The van der Waals surface area contributed by atoms with E-state index >= 15 is 0 Å². The van der Waals surface area contributed by atoms with E-state index in [4.69, 9.17) is 9.47 Å². The standard InChI is InChI=1S/C11H15NO3/c1-8(11(13)12-2)15-10-6-4-5-9(7-10)14-3/h4-8H,1-3H3,(H,12,13)/t8-/m1/s1. The zero-order chi connectivity index (χ0) is 11.3. The quantitative estimate of drug-likeness (QED) is 0.810. The third-order valence-electron chi connectivity index (χ3n) is 1.97. The van der Waals surface area contributed by atoms with Gasteiger partial charge in [-0.3, -0.25) is 4.79 Å². The second kappa shape index (κ2) is 5.24. The molecular weight excluding hydrogens is 194 g/mol. The number of carbonyl (C=O) groups is 1. The molecule has 0 saturated carbocycles. The summed E-state index contributed by atoms with van der Waals surface area (Å²) in [6.07, 6.45) is -0.512. The number of benzene rings is 1. The van der Waals surface area contributed by atoms with Gasteiger partial charge in [0.2, 0.25) is 0 Å². The molecule has 0 aromatic heterocycles. The van der Waals surface area contributed by atoms with E-state index < -0.39 is 6.10 Å². The Morgan fingerprint density at radius 3 is 2.67 bits per heavy atom. The average molecular weight is 209 g/mol. The maximum atomic E-state index is 11.2. The molecule has 1 aromatic rings. The first kappa shape index (κ1) is 11.4. The second-order valence-corrected chi connectivity index (χ2v) is 3.05. The predicted octanol–water partition coefficient (Wildman–Crippen LogP) is 1.21. The van der Waals surface area contributed by atoms with Crippen molar-refractivity contribution in [2.45, 2.75) is 13.0 Å². The number of likely N-dealkylation sites (N-methyl/N-ethyl adjacent to an activating group) is 1. The van der Waals surface area contributed by atoms with Crippen LogP contribution in [0.4, 0.5) is 0 Å². The lowest BCUT2D eigenvalue weighted by Crippen LogP contribution is -2.33. The number of ether oxygens (including phenoxy) is 2. The Morgan fingerprint density at radius 2 is 2.07 bits per heavy atom. The van der Waals surface area contributed by atoms with Crippen LogP contribution in [-0.4, -0.2) is 26.2 Å². The minimum atomic E-state index is -0.512. The number of nitrogens with one attached hydrogen (secondary N) is 1. The SMILES string of the molecule is CNC(=O)[C@@H](C)Oc1cccc(OC)c1. The van der Waals surface area contributed by atoms with Crippen molar-refractivity contribution in [3.63, 3.8) is 0 Å². The fraction of sp³-hybridized carbons (Fsp3) is 0.364. The van der Waals surface area contributed by atoms with Crippen molar-refractivity contribution in [2.75, 3.05) is 14.2 Å². The first-order valence-corrected chi connectivity index (χ1v) is 4.69. The highest BCUT2D eigenvalue weighted by molar-refractivity contribution is 5.80. The highest BCUT2D eigenvalue weighted by Gasteiger charge is 2.12. The smallest absolute Gasteiger partial charge is 0.260 e. The van der Waals surface area contributed by atoms with Crippen LogP contribution in [0.25, 0.3) is 0 Å². The molecule has 1 rings (SSSR count). The van der Waals surface area contributed by atoms with Crippen molar-refractivity contribution in [1.82, 2.24) is 5.32 Å². The molecule has 15 heavy (non-hydrogen) atoms. The summed E-state index contributed by atoms with van der Waals surface area (Å²) in [5.41, 5.74) is 0. The van der Waals surface area contributed by atoms with Gasteiger partial charge >= 0.3 is 0 Å². The molecule has 0 saturated heterocycles. The van der Waals surface area contributed by atoms with Gasteiger partial charge < -0.3 is 14.8 Å². The minimum Gasteiger partial charge on any atom is -0.497 e. The summed E-state index contributed by atoms with van der Waals surface area (Å²) in [5.74, 6) is 1.17. The van der Waals surface area contributed by atoms with Crippen LogP contribution >= 0.6 is 0 Å². The molecule has 1 amide bonds. The topological polar surface area (TPSA) is 47.6 Å². The molecule has 82 valence electrons. The van der Waals surface area contributed by atoms with Crippen LogP contribution in [0.1, 0.15) is 6.92 Å². The van der Waals surface area contributed by atoms with E-state index in [0.717, 1.165) is 0 Å². The van der Waals surface area contributed by atoms with E-state index in [1.54, 1.807) is 33.2 Å². The summed E-state index contributed by atoms with van der Waals surface area (Å²) in [7, 11) is 3.16. The van der Waals surface area contributed by atoms with E-state index in [1.807, 2.05) is 12.1 Å². The summed E-state index contributed by atoms with van der Waals surface area (Å²) < 4.78 is 10.5. The fourth-order valence-corrected chi connectivity index (χ4v) is 1.14. The molecule has 0 spiro atoms. The van der Waals surface area contributed by atoms with Gasteiger partial charge in [0.1, 0.15) is 11.5 Å². The van der Waals surface area contributed by atoms with Crippen LogP contribution in [-0.2, 0) is 4.79 Å². The Kier molecular flexibility index (Phi) is 3.97. The molecule has 0 radical (unpaired) electrons. The Morgan fingerprint density at radius 1 is 1.40 bits per heavy atom. The van der Waals surface area contributed by atoms with Crippen LogP contribution in [0.15, 0.2) is 24.3 Å². The first-order chi connectivity index (χ1) is 7.17. The maximum Gasteiger partial charge on any atom is 0.260 e. The van der Waals surface area contributed by atoms with Gasteiger partial charge in [0.15, 0.2) is 6.10 Å². The number of amides is 1. The molecule has 0 fully saturated rings. The van der Waals surface area contributed by atoms with E-state index in [1.165, 1.54) is 0 Å². The third kappa shape index (κ3) is 3.16. The van der Waals surface area contributed by atoms with Crippen LogP contribution in [0, 0.1) is 0 Å². The van der Waals surface area contributed by atoms with Crippen molar-refractivity contribution in [3.8, 4) is 11.5 Å². The lowest BCUT2D eigenvalue weighted by atomic mass is 10.3. The number of methoxy groups -OCH3 is 1. The van der Waals surface area contributed by atoms with Crippen LogP contribution in [0.2, 0.25) is 0 Å². The molecule has 0 heterocycles. The van der Waals surface area contributed by atoms with Gasteiger partial charge in [0, 0.05) is 13.1 Å². The Bertz CT molecular complexity index is 338. The van der Waals surface area contributed by atoms with Gasteiger partial charge in [-0.25, -0.2) is 0 Å². The summed E-state index contributed by atoms with van der Waals surface area (Å²) in [6, 6.07) is 7.14. The fourth-order valence-electron chi connectivity index (χ4n) is 1.14. The van der Waals surface area contributed by atoms with Gasteiger partial charge in [-0.2, -0.15) is 0 Å². The monoisotopic (exact) mass is 209 g/mol. The Hall–Kier alpha value is -1.71. The van der Waals surface area contributed by atoms with Crippen LogP contribution < -0.4 is 14.8 Å². The number of carbonyl (C=O) groups excluding carboxylic acids is 1. The molecule has 4 nitrogen and oxygen atoms in total. The lowest BCUT2D eigenvalue weighted by molar-refractivity contribution is -0.126. The van der Waals surface area contributed by atoms with E-state index in [-0.39, 0.29) is 5.91 Å². The van der Waals surface area contributed by atoms with Crippen molar-refractivity contribution in [3.05, 3.63) is 24.3 Å². The molecule has 4 heteroatoms. The maximum absolute atomic E-state index is 11.2. The zero-order valence-electron chi connectivity index (χ0n) is 9.11.